The van der Waals surface area contributed by atoms with Crippen molar-refractivity contribution in [3.8, 4) is 0 Å². The van der Waals surface area contributed by atoms with Gasteiger partial charge in [-0.15, -0.1) is 11.3 Å². The Hall–Kier alpha value is -4.31. The molecule has 0 saturated heterocycles. The molecule has 0 bridgehead atoms. The maximum Gasteiger partial charge on any atom is 0.312 e. The molecule has 0 spiro atoms. The first-order valence-electron chi connectivity index (χ1n) is 11.8. The Morgan fingerprint density at radius 2 is 1.68 bits per heavy atom. The molecule has 0 unspecified atom stereocenters. The van der Waals surface area contributed by atoms with Crippen LogP contribution in [0.3, 0.4) is 0 Å². The van der Waals surface area contributed by atoms with Gasteiger partial charge in [0.15, 0.2) is 0 Å². The number of carbonyl (C=O) groups excluding carboxylic acids is 1. The van der Waals surface area contributed by atoms with Crippen molar-refractivity contribution in [1.82, 2.24) is 19.6 Å². The number of aryl methyl sites for hydroxylation is 2. The molecule has 9 nitrogen and oxygen atoms in total. The van der Waals surface area contributed by atoms with Gasteiger partial charge in [0, 0.05) is 0 Å². The van der Waals surface area contributed by atoms with E-state index in [1.807, 2.05) is 42.1 Å². The number of anilines is 1. The van der Waals surface area contributed by atoms with Gasteiger partial charge in [0.1, 0.15) is 11.4 Å². The summed E-state index contributed by atoms with van der Waals surface area (Å²) in [6, 6.07) is 16.3. The van der Waals surface area contributed by atoms with Crippen LogP contribution < -0.4 is 5.32 Å². The highest BCUT2D eigenvalue weighted by Gasteiger charge is 2.22. The number of nitro groups is 1. The van der Waals surface area contributed by atoms with E-state index in [-0.39, 0.29) is 11.6 Å². The number of hydrogen-bond donors (Lipinski definition) is 1. The lowest BCUT2D eigenvalue weighted by Crippen LogP contribution is -2.12. The fourth-order valence-corrected chi connectivity index (χ4v) is 5.45. The molecule has 0 radical (unpaired) electrons. The van der Waals surface area contributed by atoms with E-state index in [1.54, 1.807) is 24.6 Å². The number of thiophene rings is 1. The van der Waals surface area contributed by atoms with Crippen molar-refractivity contribution in [2.75, 3.05) is 5.32 Å². The Morgan fingerprint density at radius 3 is 2.43 bits per heavy atom. The lowest BCUT2D eigenvalue weighted by molar-refractivity contribution is -0.386. The average Bonchev–Trinajstić information content (AvgIpc) is 3.52. The summed E-state index contributed by atoms with van der Waals surface area (Å²) in [7, 11) is 0. The molecule has 1 amide bonds. The van der Waals surface area contributed by atoms with Crippen LogP contribution in [0.25, 0.3) is 10.8 Å². The van der Waals surface area contributed by atoms with Crippen molar-refractivity contribution in [3.05, 3.63) is 103 Å². The molecule has 0 saturated carbocycles. The summed E-state index contributed by atoms with van der Waals surface area (Å²) < 4.78 is 3.52. The zero-order chi connectivity index (χ0) is 26.3. The number of amides is 1. The topological polar surface area (TPSA) is 108 Å². The van der Waals surface area contributed by atoms with Crippen molar-refractivity contribution >= 4 is 39.4 Å². The fraction of sp³-hybridized carbons (Fsp3) is 0.222. The van der Waals surface area contributed by atoms with Gasteiger partial charge in [-0.25, -0.2) is 0 Å². The predicted molar refractivity (Wildman–Crippen MR) is 144 cm³/mol. The molecular formula is C27H26N6O3S. The molecule has 188 valence electrons. The molecule has 0 atom stereocenters. The number of nitrogens with zero attached hydrogens (tertiary/aromatic N) is 5. The molecule has 3 heterocycles. The fourth-order valence-electron chi connectivity index (χ4n) is 4.65. The highest BCUT2D eigenvalue weighted by Crippen LogP contribution is 2.27. The monoisotopic (exact) mass is 514 g/mol. The molecule has 5 aromatic rings. The summed E-state index contributed by atoms with van der Waals surface area (Å²) in [5.74, 6) is -0.216. The summed E-state index contributed by atoms with van der Waals surface area (Å²) in [5, 5.41) is 27.5. The van der Waals surface area contributed by atoms with Crippen molar-refractivity contribution in [3.63, 3.8) is 0 Å². The van der Waals surface area contributed by atoms with E-state index >= 15 is 0 Å². The minimum absolute atomic E-state index is 0.0275. The minimum atomic E-state index is -0.411. The molecule has 1 N–H and O–H groups in total. The van der Waals surface area contributed by atoms with Crippen molar-refractivity contribution in [1.29, 1.82) is 0 Å². The quantitative estimate of drug-likeness (QED) is 0.219. The zero-order valence-electron chi connectivity index (χ0n) is 21.0. The lowest BCUT2D eigenvalue weighted by atomic mass is 10.0. The number of rotatable bonds is 7. The van der Waals surface area contributed by atoms with Gasteiger partial charge in [-0.2, -0.15) is 10.2 Å². The van der Waals surface area contributed by atoms with Gasteiger partial charge >= 0.3 is 5.69 Å². The minimum Gasteiger partial charge on any atom is -0.318 e. The molecule has 0 aliphatic carbocycles. The predicted octanol–water partition coefficient (Wildman–Crippen LogP) is 5.79. The van der Waals surface area contributed by atoms with Crippen LogP contribution in [0.4, 0.5) is 11.4 Å². The second-order valence-electron chi connectivity index (χ2n) is 9.05. The summed E-state index contributed by atoms with van der Waals surface area (Å²) in [4.78, 5) is 24.5. The summed E-state index contributed by atoms with van der Waals surface area (Å²) in [5.41, 5.74) is 5.24. The van der Waals surface area contributed by atoms with Crippen molar-refractivity contribution in [2.24, 2.45) is 0 Å². The van der Waals surface area contributed by atoms with E-state index in [2.05, 4.69) is 34.7 Å². The Morgan fingerprint density at radius 1 is 0.973 bits per heavy atom. The third-order valence-electron chi connectivity index (χ3n) is 6.56. The van der Waals surface area contributed by atoms with Crippen LogP contribution in [0.1, 0.15) is 43.6 Å². The zero-order valence-corrected chi connectivity index (χ0v) is 21.8. The summed E-state index contributed by atoms with van der Waals surface area (Å²) >= 11 is 1.33. The molecule has 5 rings (SSSR count). The van der Waals surface area contributed by atoms with Gasteiger partial charge in [0.2, 0.25) is 0 Å². The van der Waals surface area contributed by atoms with E-state index in [9.17, 15) is 14.9 Å². The Bertz CT molecular complexity index is 1660. The number of hydrogen-bond acceptors (Lipinski definition) is 6. The highest BCUT2D eigenvalue weighted by molar-refractivity contribution is 7.12. The number of fused-ring (bicyclic) bond motifs is 1. The number of nitrogens with one attached hydrogen (secondary N) is 1. The lowest BCUT2D eigenvalue weighted by Gasteiger charge is -2.09. The third-order valence-corrected chi connectivity index (χ3v) is 7.53. The van der Waals surface area contributed by atoms with Gasteiger partial charge in [0.25, 0.3) is 5.91 Å². The van der Waals surface area contributed by atoms with E-state index in [0.717, 1.165) is 22.5 Å². The van der Waals surface area contributed by atoms with Crippen LogP contribution in [0.15, 0.2) is 53.9 Å². The summed E-state index contributed by atoms with van der Waals surface area (Å²) in [6.45, 7) is 8.10. The Kier molecular flexibility index (Phi) is 6.34. The molecule has 0 aliphatic heterocycles. The van der Waals surface area contributed by atoms with Crippen LogP contribution in [0.2, 0.25) is 0 Å². The summed E-state index contributed by atoms with van der Waals surface area (Å²) in [6.07, 6.45) is 0. The smallest absolute Gasteiger partial charge is 0.312 e. The molecular weight excluding hydrogens is 488 g/mol. The first-order chi connectivity index (χ1) is 17.7. The molecule has 10 heteroatoms. The van der Waals surface area contributed by atoms with Crippen LogP contribution in [-0.4, -0.2) is 30.4 Å². The molecule has 3 aromatic heterocycles. The average molecular weight is 515 g/mol. The Labute approximate surface area is 217 Å². The molecule has 37 heavy (non-hydrogen) atoms. The van der Waals surface area contributed by atoms with Gasteiger partial charge in [-0.3, -0.25) is 24.3 Å². The first kappa shape index (κ1) is 24.4. The SMILES string of the molecule is Cc1nn(Cc2cccc3ccccc23)c(C)c1NC(=O)c1cc(Cn2nc(C)c([N+](=O)[O-])c2C)cs1. The standard InChI is InChI=1S/C27H26N6O3S/c1-16-25(18(3)32(29-16)14-22-10-7-9-21-8-5-6-11-23(21)22)28-27(34)24-12-20(15-37-24)13-31-19(4)26(33(35)36)17(2)30-31/h5-12,15H,13-14H2,1-4H3,(H,28,34). The maximum atomic E-state index is 13.1. The molecule has 0 fully saturated rings. The van der Waals surface area contributed by atoms with Gasteiger partial charge in [-0.05, 0) is 61.0 Å². The van der Waals surface area contributed by atoms with Crippen LogP contribution in [-0.2, 0) is 13.1 Å². The largest absolute Gasteiger partial charge is 0.318 e. The Balaban J connectivity index is 1.33. The normalized spacial score (nSPS) is 11.2. The van der Waals surface area contributed by atoms with E-state index in [1.165, 1.54) is 22.1 Å². The van der Waals surface area contributed by atoms with Gasteiger partial charge in [0.05, 0.1) is 40.0 Å². The van der Waals surface area contributed by atoms with E-state index < -0.39 is 4.92 Å². The van der Waals surface area contributed by atoms with Crippen molar-refractivity contribution in [2.45, 2.75) is 40.8 Å². The maximum absolute atomic E-state index is 13.1. The van der Waals surface area contributed by atoms with Gasteiger partial charge in [-0.1, -0.05) is 42.5 Å². The van der Waals surface area contributed by atoms with E-state index in [0.29, 0.717) is 35.0 Å². The van der Waals surface area contributed by atoms with Crippen LogP contribution in [0, 0.1) is 37.8 Å². The van der Waals surface area contributed by atoms with Crippen molar-refractivity contribution < 1.29 is 9.72 Å². The molecule has 2 aromatic carbocycles. The number of carbonyl (C=O) groups is 1. The second kappa shape index (κ2) is 9.62. The van der Waals surface area contributed by atoms with Crippen LogP contribution >= 0.6 is 11.3 Å². The highest BCUT2D eigenvalue weighted by atomic mass is 32.1. The van der Waals surface area contributed by atoms with E-state index in [4.69, 9.17) is 5.10 Å². The second-order valence-corrected chi connectivity index (χ2v) is 9.96. The molecule has 0 aliphatic rings. The first-order valence-corrected chi connectivity index (χ1v) is 12.7. The van der Waals surface area contributed by atoms with Crippen LogP contribution in [0.5, 0.6) is 0 Å². The third kappa shape index (κ3) is 4.63. The number of aromatic nitrogens is 4. The van der Waals surface area contributed by atoms with Gasteiger partial charge < -0.3 is 5.32 Å². The number of benzene rings is 2.